The fourth-order valence-electron chi connectivity index (χ4n) is 2.09. The molecule has 0 unspecified atom stereocenters. The van der Waals surface area contributed by atoms with Gasteiger partial charge in [-0.25, -0.2) is 4.39 Å². The van der Waals surface area contributed by atoms with Gasteiger partial charge < -0.3 is 10.1 Å². The van der Waals surface area contributed by atoms with Crippen molar-refractivity contribution in [2.75, 3.05) is 11.9 Å². The molecule has 11 heteroatoms. The molecule has 0 saturated heterocycles. The van der Waals surface area contributed by atoms with Gasteiger partial charge in [-0.3, -0.25) is 4.79 Å². The average Bonchev–Trinajstić information content (AvgIpc) is 3.17. The SMILES string of the molecule is O=C(COc1nc(-c2cccs2)cc(C(F)(F)F)n1)Nc1ccc(F)c(Cl)c1. The van der Waals surface area contributed by atoms with E-state index in [9.17, 15) is 22.4 Å². The number of nitrogens with one attached hydrogen (secondary N) is 1. The zero-order valence-electron chi connectivity index (χ0n) is 13.8. The maximum atomic E-state index is 13.1. The van der Waals surface area contributed by atoms with Gasteiger partial charge in [0.2, 0.25) is 0 Å². The van der Waals surface area contributed by atoms with Crippen molar-refractivity contribution in [3.8, 4) is 16.6 Å². The first-order valence-corrected chi connectivity index (χ1v) is 8.86. The van der Waals surface area contributed by atoms with E-state index in [0.717, 1.165) is 12.1 Å². The van der Waals surface area contributed by atoms with Crippen LogP contribution in [0.2, 0.25) is 5.02 Å². The molecule has 5 nitrogen and oxygen atoms in total. The van der Waals surface area contributed by atoms with E-state index in [4.69, 9.17) is 16.3 Å². The number of ether oxygens (including phenoxy) is 1. The van der Waals surface area contributed by atoms with Crippen molar-refractivity contribution in [2.24, 2.45) is 0 Å². The summed E-state index contributed by atoms with van der Waals surface area (Å²) in [4.78, 5) is 19.7. The molecule has 3 aromatic rings. The molecule has 2 aromatic heterocycles. The minimum Gasteiger partial charge on any atom is -0.453 e. The normalized spacial score (nSPS) is 11.3. The number of carbonyl (C=O) groups excluding carboxylic acids is 1. The van der Waals surface area contributed by atoms with E-state index >= 15 is 0 Å². The number of aromatic nitrogens is 2. The van der Waals surface area contributed by atoms with Gasteiger partial charge >= 0.3 is 12.2 Å². The zero-order chi connectivity index (χ0) is 20.3. The van der Waals surface area contributed by atoms with Crippen LogP contribution in [0, 0.1) is 5.82 Å². The molecule has 0 fully saturated rings. The van der Waals surface area contributed by atoms with Crippen LogP contribution < -0.4 is 10.1 Å². The van der Waals surface area contributed by atoms with Gasteiger partial charge in [0.1, 0.15) is 5.82 Å². The molecule has 0 spiro atoms. The maximum absolute atomic E-state index is 13.1. The monoisotopic (exact) mass is 431 g/mol. The number of alkyl halides is 3. The van der Waals surface area contributed by atoms with Gasteiger partial charge in [0, 0.05) is 5.69 Å². The van der Waals surface area contributed by atoms with Crippen LogP contribution in [0.1, 0.15) is 5.69 Å². The van der Waals surface area contributed by atoms with E-state index < -0.39 is 36.2 Å². The first-order chi connectivity index (χ1) is 13.2. The minimum absolute atomic E-state index is 0.0260. The molecule has 1 aromatic carbocycles. The van der Waals surface area contributed by atoms with Crippen molar-refractivity contribution in [1.29, 1.82) is 0 Å². The van der Waals surface area contributed by atoms with Crippen LogP contribution in [0.3, 0.4) is 0 Å². The topological polar surface area (TPSA) is 64.1 Å². The van der Waals surface area contributed by atoms with Crippen LogP contribution in [0.25, 0.3) is 10.6 Å². The Balaban J connectivity index is 1.75. The zero-order valence-corrected chi connectivity index (χ0v) is 15.3. The molecule has 2 heterocycles. The summed E-state index contributed by atoms with van der Waals surface area (Å²) in [5, 5.41) is 3.87. The van der Waals surface area contributed by atoms with E-state index in [1.807, 2.05) is 0 Å². The number of nitrogens with zero attached hydrogens (tertiary/aromatic N) is 2. The Hall–Kier alpha value is -2.72. The molecule has 1 N–H and O–H groups in total. The average molecular weight is 432 g/mol. The molecule has 0 saturated carbocycles. The van der Waals surface area contributed by atoms with E-state index in [0.29, 0.717) is 4.88 Å². The fourth-order valence-corrected chi connectivity index (χ4v) is 2.95. The van der Waals surface area contributed by atoms with Crippen molar-refractivity contribution in [1.82, 2.24) is 9.97 Å². The molecule has 0 radical (unpaired) electrons. The summed E-state index contributed by atoms with van der Waals surface area (Å²) in [5.74, 6) is -1.37. The Morgan fingerprint density at radius 2 is 2.00 bits per heavy atom. The van der Waals surface area contributed by atoms with Gasteiger partial charge in [-0.2, -0.15) is 23.1 Å². The predicted molar refractivity (Wildman–Crippen MR) is 95.9 cm³/mol. The number of anilines is 1. The molecule has 0 aliphatic heterocycles. The third-order valence-corrected chi connectivity index (χ3v) is 4.49. The molecule has 1 amide bonds. The third kappa shape index (κ3) is 4.96. The number of hydrogen-bond donors (Lipinski definition) is 1. The number of halogens is 5. The van der Waals surface area contributed by atoms with Gasteiger partial charge in [-0.1, -0.05) is 17.7 Å². The lowest BCUT2D eigenvalue weighted by molar-refractivity contribution is -0.141. The summed E-state index contributed by atoms with van der Waals surface area (Å²) in [5.41, 5.74) is -0.964. The highest BCUT2D eigenvalue weighted by Crippen LogP contribution is 2.32. The summed E-state index contributed by atoms with van der Waals surface area (Å²) in [6, 6.07) is 6.99. The van der Waals surface area contributed by atoms with E-state index in [1.54, 1.807) is 17.5 Å². The Morgan fingerprint density at radius 3 is 2.64 bits per heavy atom. The van der Waals surface area contributed by atoms with Crippen molar-refractivity contribution >= 4 is 34.5 Å². The second-order valence-electron chi connectivity index (χ2n) is 5.36. The summed E-state index contributed by atoms with van der Waals surface area (Å²) < 4.78 is 57.4. The lowest BCUT2D eigenvalue weighted by Crippen LogP contribution is -2.21. The highest BCUT2D eigenvalue weighted by Gasteiger charge is 2.34. The van der Waals surface area contributed by atoms with Crippen molar-refractivity contribution in [2.45, 2.75) is 6.18 Å². The summed E-state index contributed by atoms with van der Waals surface area (Å²) >= 11 is 6.81. The van der Waals surface area contributed by atoms with Crippen LogP contribution in [0.5, 0.6) is 6.01 Å². The third-order valence-electron chi connectivity index (χ3n) is 3.31. The predicted octanol–water partition coefficient (Wildman–Crippen LogP) is 5.03. The van der Waals surface area contributed by atoms with Crippen LogP contribution in [-0.4, -0.2) is 22.5 Å². The molecular formula is C17H10ClF4N3O2S. The second kappa shape index (κ2) is 8.11. The van der Waals surface area contributed by atoms with Gasteiger partial charge in [-0.05, 0) is 35.7 Å². The van der Waals surface area contributed by atoms with Crippen molar-refractivity contribution in [3.63, 3.8) is 0 Å². The number of benzene rings is 1. The summed E-state index contributed by atoms with van der Waals surface area (Å²) in [7, 11) is 0. The van der Waals surface area contributed by atoms with Crippen LogP contribution in [-0.2, 0) is 11.0 Å². The molecule has 146 valence electrons. The largest absolute Gasteiger partial charge is 0.453 e. The quantitative estimate of drug-likeness (QED) is 0.575. The molecular weight excluding hydrogens is 422 g/mol. The van der Waals surface area contributed by atoms with Crippen LogP contribution in [0.15, 0.2) is 41.8 Å². The highest BCUT2D eigenvalue weighted by atomic mass is 35.5. The van der Waals surface area contributed by atoms with E-state index in [-0.39, 0.29) is 16.4 Å². The molecule has 0 aliphatic carbocycles. The Morgan fingerprint density at radius 1 is 1.21 bits per heavy atom. The van der Waals surface area contributed by atoms with E-state index in [1.165, 1.54) is 23.5 Å². The fraction of sp³-hybridized carbons (Fsp3) is 0.118. The molecule has 3 rings (SSSR count). The smallest absolute Gasteiger partial charge is 0.433 e. The highest BCUT2D eigenvalue weighted by molar-refractivity contribution is 7.13. The number of thiophene rings is 1. The molecule has 0 aliphatic rings. The molecule has 0 atom stereocenters. The maximum Gasteiger partial charge on any atom is 0.433 e. The molecule has 28 heavy (non-hydrogen) atoms. The van der Waals surface area contributed by atoms with Gasteiger partial charge in [0.15, 0.2) is 12.3 Å². The van der Waals surface area contributed by atoms with E-state index in [2.05, 4.69) is 15.3 Å². The minimum atomic E-state index is -4.71. The number of carbonyl (C=O) groups is 1. The summed E-state index contributed by atoms with van der Waals surface area (Å²) in [6.07, 6.45) is -4.71. The standard InChI is InChI=1S/C17H10ClF4N3O2S/c18-10-6-9(3-4-11(10)19)23-15(26)8-27-16-24-12(13-2-1-5-28-13)7-14(25-16)17(20,21)22/h1-7H,8H2,(H,23,26). The van der Waals surface area contributed by atoms with Crippen molar-refractivity contribution < 1.29 is 27.1 Å². The van der Waals surface area contributed by atoms with Crippen LogP contribution in [0.4, 0.5) is 23.2 Å². The van der Waals surface area contributed by atoms with Crippen molar-refractivity contribution in [3.05, 3.63) is 58.3 Å². The number of hydrogen-bond acceptors (Lipinski definition) is 5. The van der Waals surface area contributed by atoms with Gasteiger partial charge in [0.25, 0.3) is 5.91 Å². The second-order valence-corrected chi connectivity index (χ2v) is 6.72. The first-order valence-electron chi connectivity index (χ1n) is 7.60. The number of amides is 1. The summed E-state index contributed by atoms with van der Waals surface area (Å²) in [6.45, 7) is -0.653. The number of rotatable bonds is 5. The molecule has 0 bridgehead atoms. The lowest BCUT2D eigenvalue weighted by atomic mass is 10.3. The lowest BCUT2D eigenvalue weighted by Gasteiger charge is -2.11. The Bertz CT molecular complexity index is 997. The van der Waals surface area contributed by atoms with Crippen LogP contribution >= 0.6 is 22.9 Å². The van der Waals surface area contributed by atoms with Gasteiger partial charge in [0.05, 0.1) is 15.6 Å². The van der Waals surface area contributed by atoms with Gasteiger partial charge in [-0.15, -0.1) is 11.3 Å². The Kier molecular flexibility index (Phi) is 5.80. The first kappa shape index (κ1) is 20.0. The Labute approximate surface area is 165 Å².